The minimum atomic E-state index is -0.428. The van der Waals surface area contributed by atoms with Gasteiger partial charge in [0.2, 0.25) is 0 Å². The predicted octanol–water partition coefficient (Wildman–Crippen LogP) is 2.83. The first-order valence-electron chi connectivity index (χ1n) is 6.50. The summed E-state index contributed by atoms with van der Waals surface area (Å²) >= 11 is 7.29. The van der Waals surface area contributed by atoms with Crippen molar-refractivity contribution in [3.63, 3.8) is 0 Å². The van der Waals surface area contributed by atoms with Crippen molar-refractivity contribution in [1.82, 2.24) is 10.3 Å². The third-order valence-electron chi connectivity index (χ3n) is 2.85. The molecule has 1 aromatic heterocycles. The number of halogens is 1. The highest BCUT2D eigenvalue weighted by atomic mass is 127. The highest BCUT2D eigenvalue weighted by molar-refractivity contribution is 14.1. The summed E-state index contributed by atoms with van der Waals surface area (Å²) < 4.78 is 11.4. The number of pyridine rings is 1. The van der Waals surface area contributed by atoms with Crippen molar-refractivity contribution in [1.29, 1.82) is 0 Å². The van der Waals surface area contributed by atoms with Crippen LogP contribution in [0.1, 0.15) is 10.4 Å². The average molecular weight is 443 g/mol. The van der Waals surface area contributed by atoms with Crippen LogP contribution in [0.15, 0.2) is 36.5 Å². The quantitative estimate of drug-likeness (QED) is 0.560. The molecular weight excluding hydrogens is 429 g/mol. The van der Waals surface area contributed by atoms with E-state index in [-0.39, 0.29) is 10.7 Å². The van der Waals surface area contributed by atoms with Crippen molar-refractivity contribution in [2.75, 3.05) is 19.5 Å². The first-order chi connectivity index (χ1) is 11.0. The Morgan fingerprint density at radius 3 is 2.35 bits per heavy atom. The predicted molar refractivity (Wildman–Crippen MR) is 100 cm³/mol. The lowest BCUT2D eigenvalue weighted by Crippen LogP contribution is -2.34. The van der Waals surface area contributed by atoms with Crippen molar-refractivity contribution in [3.05, 3.63) is 45.7 Å². The molecule has 1 aromatic carbocycles. The fourth-order valence-electron chi connectivity index (χ4n) is 1.84. The van der Waals surface area contributed by atoms with E-state index in [4.69, 9.17) is 21.7 Å². The summed E-state index contributed by atoms with van der Waals surface area (Å²) in [4.78, 5) is 16.6. The summed E-state index contributed by atoms with van der Waals surface area (Å²) in [6.45, 7) is 0. The number of hydrogen-bond donors (Lipinski definition) is 2. The number of methoxy groups -OCH3 is 2. The molecule has 0 fully saturated rings. The number of anilines is 1. The van der Waals surface area contributed by atoms with Gasteiger partial charge in [0.25, 0.3) is 5.91 Å². The topological polar surface area (TPSA) is 72.5 Å². The molecule has 2 N–H and O–H groups in total. The minimum absolute atomic E-state index is 0.136. The van der Waals surface area contributed by atoms with Gasteiger partial charge in [-0.3, -0.25) is 10.1 Å². The Balaban J connectivity index is 2.12. The van der Waals surface area contributed by atoms with E-state index in [9.17, 15) is 4.79 Å². The molecule has 6 nitrogen and oxygen atoms in total. The van der Waals surface area contributed by atoms with E-state index < -0.39 is 5.91 Å². The van der Waals surface area contributed by atoms with Crippen LogP contribution in [-0.4, -0.2) is 30.2 Å². The SMILES string of the molecule is COc1cccc(OC)c1C(=O)NC(=S)Nc1ccc(I)cn1. The van der Waals surface area contributed by atoms with E-state index in [1.54, 1.807) is 30.5 Å². The molecule has 0 spiro atoms. The number of nitrogens with one attached hydrogen (secondary N) is 2. The molecule has 2 rings (SSSR count). The number of rotatable bonds is 4. The first kappa shape index (κ1) is 17.4. The number of hydrogen-bond acceptors (Lipinski definition) is 5. The van der Waals surface area contributed by atoms with Gasteiger partial charge in [0.15, 0.2) is 5.11 Å². The lowest BCUT2D eigenvalue weighted by molar-refractivity contribution is 0.0971. The molecule has 0 radical (unpaired) electrons. The Kier molecular flexibility index (Phi) is 6.11. The average Bonchev–Trinajstić information content (AvgIpc) is 2.55. The van der Waals surface area contributed by atoms with Crippen molar-refractivity contribution < 1.29 is 14.3 Å². The fourth-order valence-corrected chi connectivity index (χ4v) is 2.35. The maximum absolute atomic E-state index is 12.4. The van der Waals surface area contributed by atoms with Crippen LogP contribution in [0.25, 0.3) is 0 Å². The van der Waals surface area contributed by atoms with Gasteiger partial charge in [-0.1, -0.05) is 6.07 Å². The van der Waals surface area contributed by atoms with Gasteiger partial charge >= 0.3 is 0 Å². The Morgan fingerprint density at radius 2 is 1.83 bits per heavy atom. The Hall–Kier alpha value is -1.94. The zero-order valence-electron chi connectivity index (χ0n) is 12.4. The molecule has 0 atom stereocenters. The maximum Gasteiger partial charge on any atom is 0.264 e. The summed E-state index contributed by atoms with van der Waals surface area (Å²) in [5, 5.41) is 5.57. The van der Waals surface area contributed by atoms with Gasteiger partial charge in [-0.25, -0.2) is 4.98 Å². The summed E-state index contributed by atoms with van der Waals surface area (Å²) in [7, 11) is 2.97. The lowest BCUT2D eigenvalue weighted by atomic mass is 10.1. The number of benzene rings is 1. The van der Waals surface area contributed by atoms with Crippen molar-refractivity contribution in [2.24, 2.45) is 0 Å². The number of ether oxygens (including phenoxy) is 2. The summed E-state index contributed by atoms with van der Waals surface area (Å²) in [5.74, 6) is 0.916. The van der Waals surface area contributed by atoms with Crippen molar-refractivity contribution >= 4 is 51.6 Å². The van der Waals surface area contributed by atoms with Crippen LogP contribution < -0.4 is 20.1 Å². The molecule has 1 amide bonds. The molecule has 8 heteroatoms. The van der Waals surface area contributed by atoms with Crippen LogP contribution in [-0.2, 0) is 0 Å². The molecule has 0 unspecified atom stereocenters. The third kappa shape index (κ3) is 4.52. The van der Waals surface area contributed by atoms with Gasteiger partial charge in [0.05, 0.1) is 14.2 Å². The lowest BCUT2D eigenvalue weighted by Gasteiger charge is -2.14. The number of carbonyl (C=O) groups is 1. The van der Waals surface area contributed by atoms with Crippen LogP contribution in [0.2, 0.25) is 0 Å². The first-order valence-corrected chi connectivity index (χ1v) is 7.98. The zero-order chi connectivity index (χ0) is 16.8. The van der Waals surface area contributed by atoms with E-state index >= 15 is 0 Å². The third-order valence-corrected chi connectivity index (χ3v) is 3.69. The van der Waals surface area contributed by atoms with Gasteiger partial charge in [-0.15, -0.1) is 0 Å². The number of thiocarbonyl (C=S) groups is 1. The number of aromatic nitrogens is 1. The van der Waals surface area contributed by atoms with E-state index in [1.165, 1.54) is 14.2 Å². The Bertz CT molecular complexity index is 700. The van der Waals surface area contributed by atoms with Crippen molar-refractivity contribution in [3.8, 4) is 11.5 Å². The molecule has 0 saturated heterocycles. The standard InChI is InChI=1S/C15H14IN3O3S/c1-21-10-4-3-5-11(22-2)13(10)14(20)19-15(23)18-12-7-6-9(16)8-17-12/h3-8H,1-2H3,(H2,17,18,19,20,23). The molecule has 2 aromatic rings. The molecule has 0 aliphatic carbocycles. The highest BCUT2D eigenvalue weighted by Crippen LogP contribution is 2.27. The molecule has 0 aliphatic rings. The van der Waals surface area contributed by atoms with Crippen LogP contribution in [0, 0.1) is 3.57 Å². The van der Waals surface area contributed by atoms with E-state index in [0.29, 0.717) is 17.3 Å². The second kappa shape index (κ2) is 8.06. The van der Waals surface area contributed by atoms with Crippen LogP contribution in [0.3, 0.4) is 0 Å². The largest absolute Gasteiger partial charge is 0.496 e. The van der Waals surface area contributed by atoms with Crippen LogP contribution in [0.5, 0.6) is 11.5 Å². The van der Waals surface area contributed by atoms with Gasteiger partial charge < -0.3 is 14.8 Å². The van der Waals surface area contributed by atoms with Crippen LogP contribution in [0.4, 0.5) is 5.82 Å². The summed E-state index contributed by atoms with van der Waals surface area (Å²) in [6, 6.07) is 8.73. The Labute approximate surface area is 152 Å². The molecule has 23 heavy (non-hydrogen) atoms. The molecule has 1 heterocycles. The molecular formula is C15H14IN3O3S. The Morgan fingerprint density at radius 1 is 1.17 bits per heavy atom. The van der Waals surface area contributed by atoms with Crippen molar-refractivity contribution in [2.45, 2.75) is 0 Å². The smallest absolute Gasteiger partial charge is 0.264 e. The van der Waals surface area contributed by atoms with Crippen LogP contribution >= 0.6 is 34.8 Å². The zero-order valence-corrected chi connectivity index (χ0v) is 15.4. The van der Waals surface area contributed by atoms with Gasteiger partial charge in [0, 0.05) is 9.77 Å². The minimum Gasteiger partial charge on any atom is -0.496 e. The summed E-state index contributed by atoms with van der Waals surface area (Å²) in [5.41, 5.74) is 0.275. The molecule has 120 valence electrons. The molecule has 0 saturated carbocycles. The van der Waals surface area contributed by atoms with Gasteiger partial charge in [0.1, 0.15) is 22.9 Å². The number of carbonyl (C=O) groups excluding carboxylic acids is 1. The second-order valence-electron chi connectivity index (χ2n) is 4.31. The van der Waals surface area contributed by atoms with Gasteiger partial charge in [-0.2, -0.15) is 0 Å². The number of nitrogens with zero attached hydrogens (tertiary/aromatic N) is 1. The second-order valence-corrected chi connectivity index (χ2v) is 5.96. The van der Waals surface area contributed by atoms with E-state index in [0.717, 1.165) is 3.57 Å². The van der Waals surface area contributed by atoms with E-state index in [1.807, 2.05) is 6.07 Å². The summed E-state index contributed by atoms with van der Waals surface area (Å²) in [6.07, 6.45) is 1.69. The monoisotopic (exact) mass is 443 g/mol. The maximum atomic E-state index is 12.4. The number of amides is 1. The highest BCUT2D eigenvalue weighted by Gasteiger charge is 2.19. The van der Waals surface area contributed by atoms with Gasteiger partial charge in [-0.05, 0) is 59.1 Å². The molecule has 0 bridgehead atoms. The molecule has 0 aliphatic heterocycles. The van der Waals surface area contributed by atoms with E-state index in [2.05, 4.69) is 38.2 Å². The normalized spacial score (nSPS) is 9.87. The fraction of sp³-hybridized carbons (Fsp3) is 0.133.